The van der Waals surface area contributed by atoms with Crippen LogP contribution in [-0.4, -0.2) is 40.8 Å². The standard InChI is InChI=1S/C21H27BFN3O3/c1-14-9-8-12-26-17(14)24-18(25-10-6-7-11-25)15(19(26)27)13-16(23)22-28-20(2,3)21(4,5)29-22/h8-9,12-13H,6-7,10-11H2,1-5H3. The molecule has 4 heterocycles. The molecule has 2 aromatic heterocycles. The second-order valence-electron chi connectivity index (χ2n) is 8.85. The van der Waals surface area contributed by atoms with Gasteiger partial charge < -0.3 is 14.2 Å². The molecule has 0 N–H and O–H groups in total. The van der Waals surface area contributed by atoms with Gasteiger partial charge in [-0.25, -0.2) is 9.37 Å². The minimum Gasteiger partial charge on any atom is -0.398 e. The fourth-order valence-corrected chi connectivity index (χ4v) is 3.76. The molecule has 2 aliphatic heterocycles. The topological polar surface area (TPSA) is 56.1 Å². The van der Waals surface area contributed by atoms with E-state index in [0.717, 1.165) is 31.5 Å². The van der Waals surface area contributed by atoms with Gasteiger partial charge in [-0.1, -0.05) is 6.07 Å². The molecule has 0 bridgehead atoms. The van der Waals surface area contributed by atoms with E-state index < -0.39 is 24.0 Å². The summed E-state index contributed by atoms with van der Waals surface area (Å²) in [5.74, 6) is 0.522. The van der Waals surface area contributed by atoms with Gasteiger partial charge in [0.05, 0.1) is 16.8 Å². The lowest BCUT2D eigenvalue weighted by molar-refractivity contribution is 0.00578. The Hall–Kier alpha value is -2.19. The highest BCUT2D eigenvalue weighted by Crippen LogP contribution is 2.39. The Morgan fingerprint density at radius 1 is 1.21 bits per heavy atom. The Labute approximate surface area is 170 Å². The molecule has 0 atom stereocenters. The summed E-state index contributed by atoms with van der Waals surface area (Å²) in [6.07, 6.45) is 4.95. The monoisotopic (exact) mass is 399 g/mol. The molecule has 29 heavy (non-hydrogen) atoms. The van der Waals surface area contributed by atoms with E-state index in [4.69, 9.17) is 14.3 Å². The summed E-state index contributed by atoms with van der Waals surface area (Å²) in [5.41, 5.74) is -0.535. The minimum atomic E-state index is -1.15. The Bertz CT molecular complexity index is 1030. The van der Waals surface area contributed by atoms with Crippen molar-refractivity contribution in [3.8, 4) is 0 Å². The van der Waals surface area contributed by atoms with Crippen LogP contribution >= 0.6 is 0 Å². The first-order valence-corrected chi connectivity index (χ1v) is 10.1. The van der Waals surface area contributed by atoms with Crippen molar-refractivity contribution < 1.29 is 13.7 Å². The normalized spacial score (nSPS) is 21.4. The summed E-state index contributed by atoms with van der Waals surface area (Å²) >= 11 is 0. The molecular weight excluding hydrogens is 372 g/mol. The van der Waals surface area contributed by atoms with Crippen molar-refractivity contribution >= 4 is 24.7 Å². The Morgan fingerprint density at radius 3 is 2.45 bits per heavy atom. The van der Waals surface area contributed by atoms with Gasteiger partial charge in [0.1, 0.15) is 17.2 Å². The number of hydrogen-bond donors (Lipinski definition) is 0. The predicted octanol–water partition coefficient (Wildman–Crippen LogP) is 3.54. The van der Waals surface area contributed by atoms with Gasteiger partial charge in [0.25, 0.3) is 5.56 Å². The largest absolute Gasteiger partial charge is 0.525 e. The number of fused-ring (bicyclic) bond motifs is 1. The van der Waals surface area contributed by atoms with Crippen molar-refractivity contribution in [2.75, 3.05) is 18.0 Å². The Balaban J connectivity index is 1.84. The molecule has 0 spiro atoms. The van der Waals surface area contributed by atoms with Crippen molar-refractivity contribution in [2.45, 2.75) is 58.7 Å². The first-order valence-electron chi connectivity index (χ1n) is 10.1. The maximum atomic E-state index is 15.2. The number of halogens is 1. The van der Waals surface area contributed by atoms with Gasteiger partial charge in [0.2, 0.25) is 0 Å². The SMILES string of the molecule is Cc1cccn2c(=O)c(C=C(F)B3OC(C)(C)C(C)(C)O3)c(N3CCCC3)nc12. The zero-order chi connectivity index (χ0) is 21.0. The number of rotatable bonds is 3. The van der Waals surface area contributed by atoms with E-state index in [9.17, 15) is 4.79 Å². The van der Waals surface area contributed by atoms with Gasteiger partial charge in [-0.05, 0) is 65.2 Å². The second kappa shape index (κ2) is 6.95. The number of aryl methyl sites for hydroxylation is 1. The van der Waals surface area contributed by atoms with Gasteiger partial charge >= 0.3 is 7.12 Å². The maximum Gasteiger partial charge on any atom is 0.525 e. The highest BCUT2D eigenvalue weighted by atomic mass is 19.1. The molecule has 154 valence electrons. The van der Waals surface area contributed by atoms with Crippen molar-refractivity contribution in [3.05, 3.63) is 45.5 Å². The van der Waals surface area contributed by atoms with E-state index in [1.54, 1.807) is 12.3 Å². The molecule has 0 unspecified atom stereocenters. The molecule has 4 rings (SSSR count). The van der Waals surface area contributed by atoms with Crippen LogP contribution in [0.1, 0.15) is 51.7 Å². The lowest BCUT2D eigenvalue weighted by Gasteiger charge is -2.32. The third kappa shape index (κ3) is 3.38. The van der Waals surface area contributed by atoms with Crippen LogP contribution in [0.4, 0.5) is 10.2 Å². The van der Waals surface area contributed by atoms with Gasteiger partial charge in [-0.15, -0.1) is 0 Å². The number of pyridine rings is 1. The fourth-order valence-electron chi connectivity index (χ4n) is 3.76. The average Bonchev–Trinajstić information content (AvgIpc) is 3.24. The van der Waals surface area contributed by atoms with Crippen LogP contribution in [-0.2, 0) is 9.31 Å². The second-order valence-corrected chi connectivity index (χ2v) is 8.85. The highest BCUT2D eigenvalue weighted by Gasteiger charge is 2.53. The lowest BCUT2D eigenvalue weighted by atomic mass is 9.87. The summed E-state index contributed by atoms with van der Waals surface area (Å²) in [4.78, 5) is 20.1. The van der Waals surface area contributed by atoms with Crippen LogP contribution in [0.25, 0.3) is 11.7 Å². The van der Waals surface area contributed by atoms with Crippen molar-refractivity contribution in [1.29, 1.82) is 0 Å². The van der Waals surface area contributed by atoms with Gasteiger partial charge in [0.15, 0.2) is 0 Å². The zero-order valence-electron chi connectivity index (χ0n) is 17.7. The number of hydrogen-bond acceptors (Lipinski definition) is 5. The predicted molar refractivity (Wildman–Crippen MR) is 113 cm³/mol. The third-order valence-corrected chi connectivity index (χ3v) is 6.23. The minimum absolute atomic E-state index is 0.224. The van der Waals surface area contributed by atoms with Crippen molar-refractivity contribution in [1.82, 2.24) is 9.38 Å². The smallest absolute Gasteiger partial charge is 0.398 e. The maximum absolute atomic E-state index is 15.2. The first-order chi connectivity index (χ1) is 13.6. The van der Waals surface area contributed by atoms with Crippen LogP contribution < -0.4 is 10.5 Å². The van der Waals surface area contributed by atoms with Gasteiger partial charge in [-0.3, -0.25) is 9.20 Å². The first kappa shape index (κ1) is 20.1. The van der Waals surface area contributed by atoms with Crippen LogP contribution in [0.5, 0.6) is 0 Å². The molecule has 2 saturated heterocycles. The van der Waals surface area contributed by atoms with E-state index in [2.05, 4.69) is 4.90 Å². The fraction of sp³-hybridized carbons (Fsp3) is 0.524. The zero-order valence-corrected chi connectivity index (χ0v) is 17.7. The molecule has 2 aromatic rings. The average molecular weight is 399 g/mol. The summed E-state index contributed by atoms with van der Waals surface area (Å²) in [6.45, 7) is 11.0. The molecular formula is C21H27BFN3O3. The number of aromatic nitrogens is 2. The number of nitrogens with zero attached hydrogens (tertiary/aromatic N) is 3. The summed E-state index contributed by atoms with van der Waals surface area (Å²) in [5, 5.41) is 0. The Kier molecular flexibility index (Phi) is 4.82. The molecule has 0 amide bonds. The van der Waals surface area contributed by atoms with E-state index in [1.165, 1.54) is 10.5 Å². The van der Waals surface area contributed by atoms with Crippen LogP contribution in [0.2, 0.25) is 0 Å². The molecule has 6 nitrogen and oxygen atoms in total. The van der Waals surface area contributed by atoms with Crippen molar-refractivity contribution in [3.63, 3.8) is 0 Å². The summed E-state index contributed by atoms with van der Waals surface area (Å²) in [7, 11) is -1.15. The molecule has 0 radical (unpaired) electrons. The molecule has 2 aliphatic rings. The summed E-state index contributed by atoms with van der Waals surface area (Å²) in [6, 6.07) is 3.70. The van der Waals surface area contributed by atoms with Crippen molar-refractivity contribution in [2.24, 2.45) is 0 Å². The van der Waals surface area contributed by atoms with Gasteiger partial charge in [-0.2, -0.15) is 0 Å². The molecule has 0 aromatic carbocycles. The van der Waals surface area contributed by atoms with Crippen LogP contribution in [0, 0.1) is 6.92 Å². The van der Waals surface area contributed by atoms with Crippen LogP contribution in [0.15, 0.2) is 28.9 Å². The van der Waals surface area contributed by atoms with Gasteiger partial charge in [0, 0.05) is 19.3 Å². The molecule has 0 saturated carbocycles. The highest BCUT2D eigenvalue weighted by molar-refractivity contribution is 6.54. The lowest BCUT2D eigenvalue weighted by Crippen LogP contribution is -2.41. The molecule has 2 fully saturated rings. The Morgan fingerprint density at radius 2 is 1.83 bits per heavy atom. The van der Waals surface area contributed by atoms with E-state index >= 15 is 4.39 Å². The van der Waals surface area contributed by atoms with E-state index in [0.29, 0.717) is 11.5 Å². The summed E-state index contributed by atoms with van der Waals surface area (Å²) < 4.78 is 28.3. The third-order valence-electron chi connectivity index (χ3n) is 6.23. The van der Waals surface area contributed by atoms with Crippen LogP contribution in [0.3, 0.4) is 0 Å². The molecule has 0 aliphatic carbocycles. The molecule has 8 heteroatoms. The quantitative estimate of drug-likeness (QED) is 0.739. The number of anilines is 1. The van der Waals surface area contributed by atoms with E-state index in [1.807, 2.05) is 40.7 Å². The van der Waals surface area contributed by atoms with E-state index in [-0.39, 0.29) is 11.1 Å².